The molecule has 0 aliphatic rings. The van der Waals surface area contributed by atoms with Crippen molar-refractivity contribution in [2.75, 3.05) is 24.3 Å². The summed E-state index contributed by atoms with van der Waals surface area (Å²) in [7, 11) is -0.612. The second-order valence-electron chi connectivity index (χ2n) is 5.99. The van der Waals surface area contributed by atoms with Gasteiger partial charge in [-0.1, -0.05) is 12.1 Å². The number of ether oxygens (including phenoxy) is 2. The van der Waals surface area contributed by atoms with Crippen molar-refractivity contribution in [2.24, 2.45) is 0 Å². The maximum absolute atomic E-state index is 12.7. The third-order valence-corrected chi connectivity index (χ3v) is 5.60. The van der Waals surface area contributed by atoms with Crippen molar-refractivity contribution >= 4 is 27.2 Å². The summed E-state index contributed by atoms with van der Waals surface area (Å²) >= 11 is 0. The van der Waals surface area contributed by atoms with Gasteiger partial charge in [-0.15, -0.1) is 0 Å². The molecule has 0 unspecified atom stereocenters. The van der Waals surface area contributed by atoms with Crippen LogP contribution in [0.3, 0.4) is 0 Å². The predicted molar refractivity (Wildman–Crippen MR) is 109 cm³/mol. The summed E-state index contributed by atoms with van der Waals surface area (Å²) in [6, 6.07) is 15.6. The quantitative estimate of drug-likeness (QED) is 0.625. The van der Waals surface area contributed by atoms with Crippen LogP contribution in [0.1, 0.15) is 5.56 Å². The average molecular weight is 399 g/mol. The molecule has 2 aromatic carbocycles. The maximum atomic E-state index is 12.7. The molecule has 0 saturated heterocycles. The molecular formula is C20H21N3O4S. The van der Waals surface area contributed by atoms with Crippen molar-refractivity contribution in [2.45, 2.75) is 11.8 Å². The lowest BCUT2D eigenvalue weighted by molar-refractivity contribution is 0.414. The number of hydrogen-bond donors (Lipinski definition) is 2. The Morgan fingerprint density at radius 2 is 1.75 bits per heavy atom. The number of aryl methyl sites for hydroxylation is 1. The largest absolute Gasteiger partial charge is 0.497 e. The predicted octanol–water partition coefficient (Wildman–Crippen LogP) is 3.95. The average Bonchev–Trinajstić information content (AvgIpc) is 2.69. The maximum Gasteiger partial charge on any atom is 0.262 e. The van der Waals surface area contributed by atoms with Crippen LogP contribution in [0.25, 0.3) is 0 Å². The third kappa shape index (κ3) is 4.34. The number of methoxy groups -OCH3 is 2. The van der Waals surface area contributed by atoms with Crippen molar-refractivity contribution in [3.8, 4) is 11.5 Å². The molecule has 3 aromatic rings. The van der Waals surface area contributed by atoms with Crippen LogP contribution in [0.15, 0.2) is 65.7 Å². The van der Waals surface area contributed by atoms with E-state index < -0.39 is 10.0 Å². The Morgan fingerprint density at radius 1 is 0.964 bits per heavy atom. The molecule has 0 radical (unpaired) electrons. The normalized spacial score (nSPS) is 11.0. The summed E-state index contributed by atoms with van der Waals surface area (Å²) in [5, 5.41) is 3.14. The van der Waals surface area contributed by atoms with E-state index in [1.807, 2.05) is 24.3 Å². The van der Waals surface area contributed by atoms with Gasteiger partial charge in [0, 0.05) is 0 Å². The molecule has 0 aliphatic carbocycles. The van der Waals surface area contributed by atoms with Crippen LogP contribution in [0.5, 0.6) is 11.5 Å². The highest BCUT2D eigenvalue weighted by Gasteiger charge is 2.17. The van der Waals surface area contributed by atoms with Crippen molar-refractivity contribution in [1.82, 2.24) is 4.98 Å². The first kappa shape index (κ1) is 19.5. The summed E-state index contributed by atoms with van der Waals surface area (Å²) < 4.78 is 38.3. The molecule has 1 aromatic heterocycles. The molecule has 7 nitrogen and oxygen atoms in total. The molecule has 0 spiro atoms. The first-order valence-electron chi connectivity index (χ1n) is 8.46. The standard InChI is InChI=1S/C20H21N3O4S/c1-14-12-16(26-2)9-10-19(14)28(24,25)23-15-8-11-20(21-13-15)22-17-6-4-5-7-18(17)27-3/h4-13,23H,1-3H3,(H,21,22). The minimum absolute atomic E-state index is 0.185. The van der Waals surface area contributed by atoms with E-state index in [1.54, 1.807) is 38.3 Å². The van der Waals surface area contributed by atoms with Gasteiger partial charge < -0.3 is 14.8 Å². The first-order chi connectivity index (χ1) is 13.4. The molecular weight excluding hydrogens is 378 g/mol. The van der Waals surface area contributed by atoms with Crippen LogP contribution in [0.4, 0.5) is 17.2 Å². The molecule has 1 heterocycles. The molecule has 0 saturated carbocycles. The summed E-state index contributed by atoms with van der Waals surface area (Å²) in [5.41, 5.74) is 1.72. The summed E-state index contributed by atoms with van der Waals surface area (Å²) in [6.45, 7) is 1.72. The lowest BCUT2D eigenvalue weighted by Gasteiger charge is -2.13. The number of para-hydroxylation sites is 2. The molecule has 0 amide bonds. The Hall–Kier alpha value is -3.26. The van der Waals surface area contributed by atoms with Crippen LogP contribution in [0, 0.1) is 6.92 Å². The van der Waals surface area contributed by atoms with Crippen LogP contribution in [0.2, 0.25) is 0 Å². The SMILES string of the molecule is COc1ccc(S(=O)(=O)Nc2ccc(Nc3ccccc3OC)nc2)c(C)c1. The van der Waals surface area contributed by atoms with Crippen molar-refractivity contribution < 1.29 is 17.9 Å². The number of nitrogens with one attached hydrogen (secondary N) is 2. The molecule has 146 valence electrons. The monoisotopic (exact) mass is 399 g/mol. The van der Waals surface area contributed by atoms with Gasteiger partial charge in [0.1, 0.15) is 17.3 Å². The number of benzene rings is 2. The Kier molecular flexibility index (Phi) is 5.70. The zero-order chi connectivity index (χ0) is 20.1. The van der Waals surface area contributed by atoms with Crippen molar-refractivity contribution in [3.05, 3.63) is 66.4 Å². The molecule has 3 rings (SSSR count). The van der Waals surface area contributed by atoms with Crippen LogP contribution in [-0.4, -0.2) is 27.6 Å². The fraction of sp³-hybridized carbons (Fsp3) is 0.150. The number of aromatic nitrogens is 1. The van der Waals surface area contributed by atoms with Gasteiger partial charge in [-0.25, -0.2) is 13.4 Å². The molecule has 28 heavy (non-hydrogen) atoms. The number of sulfonamides is 1. The lowest BCUT2D eigenvalue weighted by atomic mass is 10.2. The van der Waals surface area contributed by atoms with Gasteiger partial charge in [0.15, 0.2) is 0 Å². The van der Waals surface area contributed by atoms with E-state index in [-0.39, 0.29) is 4.90 Å². The van der Waals surface area contributed by atoms with E-state index in [0.29, 0.717) is 28.6 Å². The Balaban J connectivity index is 1.76. The highest BCUT2D eigenvalue weighted by molar-refractivity contribution is 7.92. The zero-order valence-electron chi connectivity index (χ0n) is 15.8. The zero-order valence-corrected chi connectivity index (χ0v) is 16.6. The number of rotatable bonds is 7. The van der Waals surface area contributed by atoms with Crippen molar-refractivity contribution in [3.63, 3.8) is 0 Å². The molecule has 0 bridgehead atoms. The number of hydrogen-bond acceptors (Lipinski definition) is 6. The van der Waals surface area contributed by atoms with E-state index in [9.17, 15) is 8.42 Å². The van der Waals surface area contributed by atoms with Gasteiger partial charge in [0.25, 0.3) is 10.0 Å². The third-order valence-electron chi connectivity index (χ3n) is 4.06. The minimum Gasteiger partial charge on any atom is -0.497 e. The van der Waals surface area contributed by atoms with Gasteiger partial charge in [-0.05, 0) is 55.0 Å². The number of nitrogens with zero attached hydrogens (tertiary/aromatic N) is 1. The van der Waals surface area contributed by atoms with E-state index in [1.165, 1.54) is 19.4 Å². The van der Waals surface area contributed by atoms with Crippen LogP contribution in [-0.2, 0) is 10.0 Å². The number of pyridine rings is 1. The molecule has 8 heteroatoms. The van der Waals surface area contributed by atoms with Gasteiger partial charge >= 0.3 is 0 Å². The minimum atomic E-state index is -3.74. The smallest absolute Gasteiger partial charge is 0.262 e. The first-order valence-corrected chi connectivity index (χ1v) is 9.95. The van der Waals surface area contributed by atoms with E-state index in [0.717, 1.165) is 5.69 Å². The lowest BCUT2D eigenvalue weighted by Crippen LogP contribution is -2.14. The van der Waals surface area contributed by atoms with Gasteiger partial charge in [0.05, 0.1) is 36.7 Å². The fourth-order valence-electron chi connectivity index (χ4n) is 2.67. The molecule has 2 N–H and O–H groups in total. The van der Waals surface area contributed by atoms with E-state index >= 15 is 0 Å². The second kappa shape index (κ2) is 8.18. The molecule has 0 atom stereocenters. The summed E-state index contributed by atoms with van der Waals surface area (Å²) in [5.74, 6) is 1.85. The van der Waals surface area contributed by atoms with Crippen LogP contribution < -0.4 is 19.5 Å². The molecule has 0 fully saturated rings. The summed E-state index contributed by atoms with van der Waals surface area (Å²) in [4.78, 5) is 4.45. The van der Waals surface area contributed by atoms with E-state index in [2.05, 4.69) is 15.0 Å². The second-order valence-corrected chi connectivity index (χ2v) is 7.65. The Bertz CT molecular complexity index is 1070. The Morgan fingerprint density at radius 3 is 2.39 bits per heavy atom. The highest BCUT2D eigenvalue weighted by Crippen LogP contribution is 2.27. The topological polar surface area (TPSA) is 89.6 Å². The highest BCUT2D eigenvalue weighted by atomic mass is 32.2. The van der Waals surface area contributed by atoms with Crippen molar-refractivity contribution in [1.29, 1.82) is 0 Å². The Labute approximate surface area is 164 Å². The molecule has 0 aliphatic heterocycles. The van der Waals surface area contributed by atoms with E-state index in [4.69, 9.17) is 9.47 Å². The van der Waals surface area contributed by atoms with Gasteiger partial charge in [-0.3, -0.25) is 4.72 Å². The van der Waals surface area contributed by atoms with Gasteiger partial charge in [0.2, 0.25) is 0 Å². The van der Waals surface area contributed by atoms with Gasteiger partial charge in [-0.2, -0.15) is 0 Å². The fourth-order valence-corrected chi connectivity index (χ4v) is 3.95. The summed E-state index contributed by atoms with van der Waals surface area (Å²) in [6.07, 6.45) is 1.45. The number of anilines is 3. The van der Waals surface area contributed by atoms with Crippen LogP contribution >= 0.6 is 0 Å².